The molecule has 0 aromatic carbocycles. The number of rotatable bonds is 8. The molecule has 1 fully saturated rings. The third-order valence-electron chi connectivity index (χ3n) is 2.61. The lowest BCUT2D eigenvalue weighted by Crippen LogP contribution is -2.37. The molecule has 0 heterocycles. The predicted molar refractivity (Wildman–Crippen MR) is 59.8 cm³/mol. The van der Waals surface area contributed by atoms with Crippen LogP contribution in [0.3, 0.4) is 0 Å². The number of ether oxygens (including phenoxy) is 1. The smallest absolute Gasteiger partial charge is 0.236 e. The number of hydrogen-bond acceptors (Lipinski definition) is 3. The molecule has 4 heteroatoms. The maximum atomic E-state index is 11.5. The van der Waals surface area contributed by atoms with Crippen molar-refractivity contribution in [3.05, 3.63) is 0 Å². The van der Waals surface area contributed by atoms with Crippen LogP contribution in [0.4, 0.5) is 0 Å². The molecule has 1 rings (SSSR count). The van der Waals surface area contributed by atoms with Gasteiger partial charge in [0.1, 0.15) is 0 Å². The Balaban J connectivity index is 1.92. The molecule has 15 heavy (non-hydrogen) atoms. The summed E-state index contributed by atoms with van der Waals surface area (Å²) >= 11 is 0. The van der Waals surface area contributed by atoms with E-state index in [1.54, 1.807) is 0 Å². The highest BCUT2D eigenvalue weighted by atomic mass is 16.5. The van der Waals surface area contributed by atoms with Crippen molar-refractivity contribution in [2.24, 2.45) is 0 Å². The Labute approximate surface area is 92.0 Å². The van der Waals surface area contributed by atoms with Gasteiger partial charge in [0.15, 0.2) is 0 Å². The summed E-state index contributed by atoms with van der Waals surface area (Å²) in [5.41, 5.74) is 0. The van der Waals surface area contributed by atoms with Crippen LogP contribution in [-0.2, 0) is 9.53 Å². The van der Waals surface area contributed by atoms with E-state index in [0.29, 0.717) is 12.6 Å². The van der Waals surface area contributed by atoms with E-state index in [9.17, 15) is 4.79 Å². The van der Waals surface area contributed by atoms with Crippen molar-refractivity contribution in [2.45, 2.75) is 32.2 Å². The average molecular weight is 214 g/mol. The van der Waals surface area contributed by atoms with Gasteiger partial charge in [0.25, 0.3) is 0 Å². The van der Waals surface area contributed by atoms with Crippen molar-refractivity contribution in [1.82, 2.24) is 10.2 Å². The van der Waals surface area contributed by atoms with E-state index in [-0.39, 0.29) is 5.91 Å². The molecule has 0 aromatic rings. The Morgan fingerprint density at radius 2 is 2.27 bits per heavy atom. The van der Waals surface area contributed by atoms with Gasteiger partial charge in [-0.05, 0) is 32.7 Å². The highest BCUT2D eigenvalue weighted by molar-refractivity contribution is 5.78. The molecule has 1 amide bonds. The van der Waals surface area contributed by atoms with Crippen molar-refractivity contribution in [2.75, 3.05) is 33.4 Å². The Morgan fingerprint density at radius 1 is 1.53 bits per heavy atom. The van der Waals surface area contributed by atoms with Gasteiger partial charge in [0.05, 0.1) is 6.54 Å². The van der Waals surface area contributed by atoms with Crippen molar-refractivity contribution in [3.8, 4) is 0 Å². The third kappa shape index (κ3) is 5.14. The van der Waals surface area contributed by atoms with E-state index in [2.05, 4.69) is 5.32 Å². The van der Waals surface area contributed by atoms with Crippen molar-refractivity contribution >= 4 is 5.91 Å². The summed E-state index contributed by atoms with van der Waals surface area (Å²) in [4.78, 5) is 13.4. The maximum absolute atomic E-state index is 11.5. The fraction of sp³-hybridized carbons (Fsp3) is 0.909. The zero-order chi connectivity index (χ0) is 11.1. The summed E-state index contributed by atoms with van der Waals surface area (Å²) in [7, 11) is 1.89. The van der Waals surface area contributed by atoms with Crippen LogP contribution in [0.2, 0.25) is 0 Å². The molecule has 0 atom stereocenters. The first-order valence-corrected chi connectivity index (χ1v) is 5.79. The number of nitrogens with zero attached hydrogens (tertiary/aromatic N) is 1. The number of hydrogen-bond donors (Lipinski definition) is 1. The molecular weight excluding hydrogens is 192 g/mol. The highest BCUT2D eigenvalue weighted by Gasteiger charge is 2.28. The van der Waals surface area contributed by atoms with Gasteiger partial charge in [-0.15, -0.1) is 0 Å². The van der Waals surface area contributed by atoms with Crippen molar-refractivity contribution < 1.29 is 9.53 Å². The molecule has 0 radical (unpaired) electrons. The average Bonchev–Trinajstić information content (AvgIpc) is 3.05. The fourth-order valence-electron chi connectivity index (χ4n) is 1.43. The number of nitrogens with one attached hydrogen (secondary N) is 1. The van der Waals surface area contributed by atoms with Gasteiger partial charge in [0.2, 0.25) is 5.91 Å². The van der Waals surface area contributed by atoms with E-state index in [1.165, 1.54) is 12.8 Å². The Morgan fingerprint density at radius 3 is 2.87 bits per heavy atom. The monoisotopic (exact) mass is 214 g/mol. The van der Waals surface area contributed by atoms with Gasteiger partial charge in [-0.25, -0.2) is 0 Å². The summed E-state index contributed by atoms with van der Waals surface area (Å²) in [6, 6.07) is 0.516. The van der Waals surface area contributed by atoms with E-state index < -0.39 is 0 Å². The number of carbonyl (C=O) groups is 1. The minimum atomic E-state index is 0.203. The Hall–Kier alpha value is -0.610. The van der Waals surface area contributed by atoms with Crippen LogP contribution in [0, 0.1) is 0 Å². The molecule has 4 nitrogen and oxygen atoms in total. The second-order valence-electron chi connectivity index (χ2n) is 3.96. The quantitative estimate of drug-likeness (QED) is 0.602. The van der Waals surface area contributed by atoms with E-state index in [0.717, 1.165) is 26.2 Å². The molecule has 88 valence electrons. The molecule has 0 spiro atoms. The van der Waals surface area contributed by atoms with Gasteiger partial charge in [-0.1, -0.05) is 0 Å². The minimum absolute atomic E-state index is 0.203. The molecule has 0 bridgehead atoms. The van der Waals surface area contributed by atoms with E-state index in [4.69, 9.17) is 4.74 Å². The number of likely N-dealkylation sites (N-methyl/N-ethyl adjacent to an activating group) is 1. The zero-order valence-electron chi connectivity index (χ0n) is 9.79. The summed E-state index contributed by atoms with van der Waals surface area (Å²) in [5, 5.41) is 3.14. The van der Waals surface area contributed by atoms with E-state index >= 15 is 0 Å². The molecule has 0 unspecified atom stereocenters. The minimum Gasteiger partial charge on any atom is -0.382 e. The lowest BCUT2D eigenvalue weighted by atomic mass is 10.4. The number of carbonyl (C=O) groups excluding carboxylic acids is 1. The van der Waals surface area contributed by atoms with Gasteiger partial charge in [0, 0.05) is 26.3 Å². The van der Waals surface area contributed by atoms with Crippen molar-refractivity contribution in [1.29, 1.82) is 0 Å². The number of amides is 1. The van der Waals surface area contributed by atoms with Crippen LogP contribution in [0.5, 0.6) is 0 Å². The molecule has 1 N–H and O–H groups in total. The molecule has 0 saturated heterocycles. The topological polar surface area (TPSA) is 41.6 Å². The molecule has 1 aliphatic carbocycles. The summed E-state index contributed by atoms with van der Waals surface area (Å²) in [6.07, 6.45) is 3.31. The van der Waals surface area contributed by atoms with Gasteiger partial charge in [-0.3, -0.25) is 4.79 Å². The normalized spacial score (nSPS) is 15.3. The fourth-order valence-corrected chi connectivity index (χ4v) is 1.43. The Kier molecular flexibility index (Phi) is 5.65. The highest BCUT2D eigenvalue weighted by Crippen LogP contribution is 2.24. The van der Waals surface area contributed by atoms with Gasteiger partial charge < -0.3 is 15.0 Å². The molecule has 0 aliphatic heterocycles. The Bertz CT molecular complexity index is 193. The molecular formula is C11H22N2O2. The van der Waals surface area contributed by atoms with Crippen LogP contribution < -0.4 is 5.32 Å². The second kappa shape index (κ2) is 6.80. The molecule has 0 aromatic heterocycles. The van der Waals surface area contributed by atoms with Crippen LogP contribution in [0.25, 0.3) is 0 Å². The third-order valence-corrected chi connectivity index (χ3v) is 2.61. The standard InChI is InChI=1S/C11H22N2O2/c1-3-15-8-4-7-12-9-11(14)13(2)10-5-6-10/h10,12H,3-9H2,1-2H3. The van der Waals surface area contributed by atoms with Crippen LogP contribution in [-0.4, -0.2) is 50.2 Å². The van der Waals surface area contributed by atoms with Crippen LogP contribution >= 0.6 is 0 Å². The largest absolute Gasteiger partial charge is 0.382 e. The van der Waals surface area contributed by atoms with Gasteiger partial charge >= 0.3 is 0 Å². The zero-order valence-corrected chi connectivity index (χ0v) is 9.79. The van der Waals surface area contributed by atoms with Gasteiger partial charge in [-0.2, -0.15) is 0 Å². The van der Waals surface area contributed by atoms with Crippen molar-refractivity contribution in [3.63, 3.8) is 0 Å². The summed E-state index contributed by atoms with van der Waals surface area (Å²) < 4.78 is 5.20. The van der Waals surface area contributed by atoms with Crippen LogP contribution in [0.1, 0.15) is 26.2 Å². The SMILES string of the molecule is CCOCCCNCC(=O)N(C)C1CC1. The summed E-state index contributed by atoms with van der Waals surface area (Å²) in [6.45, 7) is 4.84. The first-order chi connectivity index (χ1) is 7.25. The first kappa shape index (κ1) is 12.5. The molecule has 1 saturated carbocycles. The lowest BCUT2D eigenvalue weighted by Gasteiger charge is -2.16. The molecule has 1 aliphatic rings. The predicted octanol–water partition coefficient (Wildman–Crippen LogP) is 0.623. The maximum Gasteiger partial charge on any atom is 0.236 e. The summed E-state index contributed by atoms with van der Waals surface area (Å²) in [5.74, 6) is 0.203. The lowest BCUT2D eigenvalue weighted by molar-refractivity contribution is -0.129. The van der Waals surface area contributed by atoms with Crippen LogP contribution in [0.15, 0.2) is 0 Å². The second-order valence-corrected chi connectivity index (χ2v) is 3.96. The first-order valence-electron chi connectivity index (χ1n) is 5.79. The van der Waals surface area contributed by atoms with E-state index in [1.807, 2.05) is 18.9 Å².